The molecule has 2 rings (SSSR count). The van der Waals surface area contributed by atoms with E-state index < -0.39 is 18.5 Å². The molecule has 0 aliphatic rings. The first-order valence-electron chi connectivity index (χ1n) is 6.84. The number of rotatable bonds is 5. The highest BCUT2D eigenvalue weighted by molar-refractivity contribution is 6.43. The minimum Gasteiger partial charge on any atom is -0.482 e. The predicted molar refractivity (Wildman–Crippen MR) is 93.8 cm³/mol. The second-order valence-electron chi connectivity index (χ2n) is 4.70. The Balaban J connectivity index is 1.79. The van der Waals surface area contributed by atoms with Crippen LogP contribution in [0.2, 0.25) is 15.1 Å². The number of hydrogen-bond acceptors (Lipinski definition) is 3. The fraction of sp³-hybridized carbons (Fsp3) is 0.125. The minimum atomic E-state index is -0.622. The van der Waals surface area contributed by atoms with Crippen LogP contribution in [-0.2, 0) is 11.3 Å². The molecule has 0 bridgehead atoms. The van der Waals surface area contributed by atoms with Gasteiger partial charge in [0.05, 0.1) is 15.1 Å². The van der Waals surface area contributed by atoms with E-state index in [0.29, 0.717) is 6.54 Å². The Bertz CT molecular complexity index is 739. The molecule has 0 aromatic heterocycles. The van der Waals surface area contributed by atoms with Crippen molar-refractivity contribution in [1.29, 1.82) is 0 Å². The van der Waals surface area contributed by atoms with Crippen LogP contribution in [0.25, 0.3) is 0 Å². The molecule has 0 aliphatic carbocycles. The number of amides is 3. The quantitative estimate of drug-likeness (QED) is 0.761. The molecule has 3 amide bonds. The lowest BCUT2D eigenvalue weighted by molar-refractivity contribution is -0.122. The predicted octanol–water partition coefficient (Wildman–Crippen LogP) is 4.05. The maximum Gasteiger partial charge on any atom is 0.321 e. The maximum absolute atomic E-state index is 11.7. The Hall–Kier alpha value is -1.95. The molecule has 24 heavy (non-hydrogen) atoms. The van der Waals surface area contributed by atoms with Crippen LogP contribution in [-0.4, -0.2) is 18.5 Å². The number of hydrogen-bond donors (Lipinski definition) is 2. The van der Waals surface area contributed by atoms with Crippen molar-refractivity contribution in [2.45, 2.75) is 6.54 Å². The molecule has 0 unspecified atom stereocenters. The van der Waals surface area contributed by atoms with Gasteiger partial charge in [0.25, 0.3) is 5.91 Å². The first kappa shape index (κ1) is 18.4. The van der Waals surface area contributed by atoms with Crippen molar-refractivity contribution in [3.05, 3.63) is 63.1 Å². The smallest absolute Gasteiger partial charge is 0.321 e. The lowest BCUT2D eigenvalue weighted by Crippen LogP contribution is -2.41. The van der Waals surface area contributed by atoms with E-state index in [-0.39, 0.29) is 20.8 Å². The van der Waals surface area contributed by atoms with E-state index in [1.807, 2.05) is 30.3 Å². The molecule has 5 nitrogen and oxygen atoms in total. The molecule has 0 fully saturated rings. The summed E-state index contributed by atoms with van der Waals surface area (Å²) in [6, 6.07) is 11.5. The number of benzene rings is 2. The fourth-order valence-corrected chi connectivity index (χ4v) is 2.33. The number of imide groups is 1. The van der Waals surface area contributed by atoms with E-state index in [9.17, 15) is 9.59 Å². The van der Waals surface area contributed by atoms with Gasteiger partial charge in [-0.25, -0.2) is 4.79 Å². The van der Waals surface area contributed by atoms with Crippen molar-refractivity contribution in [2.75, 3.05) is 6.61 Å². The summed E-state index contributed by atoms with van der Waals surface area (Å²) in [4.78, 5) is 23.3. The Kier molecular flexibility index (Phi) is 6.73. The minimum absolute atomic E-state index is 0.200. The largest absolute Gasteiger partial charge is 0.482 e. The van der Waals surface area contributed by atoms with Crippen LogP contribution < -0.4 is 15.4 Å². The Labute approximate surface area is 153 Å². The van der Waals surface area contributed by atoms with Gasteiger partial charge in [-0.1, -0.05) is 65.1 Å². The highest BCUT2D eigenvalue weighted by Crippen LogP contribution is 2.33. The molecule has 0 spiro atoms. The molecule has 126 valence electrons. The van der Waals surface area contributed by atoms with Crippen LogP contribution in [0.15, 0.2) is 42.5 Å². The number of nitrogens with one attached hydrogen (secondary N) is 2. The van der Waals surface area contributed by atoms with Gasteiger partial charge in [-0.05, 0) is 11.6 Å². The second kappa shape index (κ2) is 8.78. The molecule has 0 saturated carbocycles. The van der Waals surface area contributed by atoms with Crippen molar-refractivity contribution in [3.63, 3.8) is 0 Å². The molecule has 2 N–H and O–H groups in total. The van der Waals surface area contributed by atoms with E-state index in [2.05, 4.69) is 10.6 Å². The third kappa shape index (κ3) is 5.60. The molecular weight excluding hydrogens is 375 g/mol. The molecule has 0 saturated heterocycles. The molecule has 2 aromatic carbocycles. The lowest BCUT2D eigenvalue weighted by Gasteiger charge is -2.10. The van der Waals surface area contributed by atoms with E-state index in [4.69, 9.17) is 39.5 Å². The third-order valence-electron chi connectivity index (χ3n) is 2.88. The van der Waals surface area contributed by atoms with Gasteiger partial charge < -0.3 is 10.1 Å². The van der Waals surface area contributed by atoms with Gasteiger partial charge in [0, 0.05) is 12.6 Å². The first-order chi connectivity index (χ1) is 11.5. The summed E-state index contributed by atoms with van der Waals surface area (Å²) >= 11 is 17.6. The van der Waals surface area contributed by atoms with E-state index >= 15 is 0 Å². The Morgan fingerprint density at radius 1 is 0.958 bits per heavy atom. The molecule has 8 heteroatoms. The molecule has 0 radical (unpaired) electrons. The van der Waals surface area contributed by atoms with Gasteiger partial charge in [-0.15, -0.1) is 0 Å². The lowest BCUT2D eigenvalue weighted by atomic mass is 10.2. The van der Waals surface area contributed by atoms with Crippen LogP contribution in [0.4, 0.5) is 4.79 Å². The second-order valence-corrected chi connectivity index (χ2v) is 5.92. The SMILES string of the molecule is O=C(COc1cc(Cl)c(Cl)cc1Cl)NC(=O)NCc1ccccc1. The number of ether oxygens (including phenoxy) is 1. The first-order valence-corrected chi connectivity index (χ1v) is 7.98. The van der Waals surface area contributed by atoms with Gasteiger partial charge in [0.1, 0.15) is 5.75 Å². The van der Waals surface area contributed by atoms with Crippen LogP contribution in [0.1, 0.15) is 5.56 Å². The maximum atomic E-state index is 11.7. The van der Waals surface area contributed by atoms with Crippen LogP contribution >= 0.6 is 34.8 Å². The van der Waals surface area contributed by atoms with E-state index in [1.54, 1.807) is 0 Å². The van der Waals surface area contributed by atoms with Crippen molar-refractivity contribution in [2.24, 2.45) is 0 Å². The molecule has 2 aromatic rings. The number of carbonyl (C=O) groups is 2. The number of carbonyl (C=O) groups excluding carboxylic acids is 2. The van der Waals surface area contributed by atoms with Crippen LogP contribution in [0, 0.1) is 0 Å². The average Bonchev–Trinajstić information content (AvgIpc) is 2.56. The van der Waals surface area contributed by atoms with Crippen molar-refractivity contribution in [3.8, 4) is 5.75 Å². The molecular formula is C16H13Cl3N2O3. The summed E-state index contributed by atoms with van der Waals surface area (Å²) in [5.74, 6) is -0.423. The van der Waals surface area contributed by atoms with Crippen molar-refractivity contribution < 1.29 is 14.3 Å². The highest BCUT2D eigenvalue weighted by atomic mass is 35.5. The Morgan fingerprint density at radius 3 is 2.33 bits per heavy atom. The summed E-state index contributed by atoms with van der Waals surface area (Å²) in [5.41, 5.74) is 0.916. The number of halogens is 3. The summed E-state index contributed by atoms with van der Waals surface area (Å²) in [7, 11) is 0. The van der Waals surface area contributed by atoms with Crippen molar-refractivity contribution >= 4 is 46.7 Å². The summed E-state index contributed by atoms with van der Waals surface area (Å²) < 4.78 is 5.23. The zero-order chi connectivity index (χ0) is 17.5. The number of urea groups is 1. The van der Waals surface area contributed by atoms with E-state index in [1.165, 1.54) is 12.1 Å². The fourth-order valence-electron chi connectivity index (χ4n) is 1.74. The summed E-state index contributed by atoms with van der Waals surface area (Å²) in [6.45, 7) is -0.0874. The Morgan fingerprint density at radius 2 is 1.62 bits per heavy atom. The summed E-state index contributed by atoms with van der Waals surface area (Å²) in [5, 5.41) is 5.45. The van der Waals surface area contributed by atoms with Gasteiger partial charge in [-0.3, -0.25) is 10.1 Å². The topological polar surface area (TPSA) is 67.4 Å². The van der Waals surface area contributed by atoms with Crippen molar-refractivity contribution in [1.82, 2.24) is 10.6 Å². The molecule has 0 atom stereocenters. The molecule has 0 aliphatic heterocycles. The van der Waals surface area contributed by atoms with Gasteiger partial charge >= 0.3 is 6.03 Å². The normalized spacial score (nSPS) is 10.1. The van der Waals surface area contributed by atoms with Gasteiger partial charge in [0.15, 0.2) is 6.61 Å². The zero-order valence-corrected chi connectivity index (χ0v) is 14.6. The molecule has 0 heterocycles. The van der Waals surface area contributed by atoms with Gasteiger partial charge in [-0.2, -0.15) is 0 Å². The average molecular weight is 388 g/mol. The summed E-state index contributed by atoms with van der Waals surface area (Å²) in [6.07, 6.45) is 0. The van der Waals surface area contributed by atoms with Gasteiger partial charge in [0.2, 0.25) is 0 Å². The van der Waals surface area contributed by atoms with Crippen LogP contribution in [0.5, 0.6) is 5.75 Å². The van der Waals surface area contributed by atoms with E-state index in [0.717, 1.165) is 5.56 Å². The zero-order valence-electron chi connectivity index (χ0n) is 12.3. The third-order valence-corrected chi connectivity index (χ3v) is 3.90. The standard InChI is InChI=1S/C16H13Cl3N2O3/c17-11-6-13(19)14(7-12(11)18)24-9-15(22)21-16(23)20-8-10-4-2-1-3-5-10/h1-7H,8-9H2,(H2,20,21,22,23). The monoisotopic (exact) mass is 386 g/mol. The van der Waals surface area contributed by atoms with Crippen LogP contribution in [0.3, 0.4) is 0 Å². The highest BCUT2D eigenvalue weighted by Gasteiger charge is 2.11.